The molecule has 1 aromatic rings. The lowest BCUT2D eigenvalue weighted by molar-refractivity contribution is -0.221. The standard InChI is InChI=1S/C10H10O6/c1-3-5-13-15-9-7(11)8(12)10(9)16-14-6-4-2/h3-4H,1-2,5-6H2. The summed E-state index contributed by atoms with van der Waals surface area (Å²) in [5.74, 6) is -0.619. The Labute approximate surface area is 90.9 Å². The van der Waals surface area contributed by atoms with E-state index in [4.69, 9.17) is 0 Å². The predicted octanol–water partition coefficient (Wildman–Crippen LogP) is 0.275. The summed E-state index contributed by atoms with van der Waals surface area (Å²) in [5.41, 5.74) is -1.64. The molecule has 6 nitrogen and oxygen atoms in total. The first-order chi connectivity index (χ1) is 7.72. The zero-order chi connectivity index (χ0) is 12.0. The van der Waals surface area contributed by atoms with Crippen LogP contribution in [0.3, 0.4) is 0 Å². The molecule has 1 aromatic carbocycles. The molecule has 0 saturated carbocycles. The molecule has 0 aliphatic rings. The first kappa shape index (κ1) is 12.2. The minimum absolute atomic E-state index is 0.0752. The fourth-order valence-corrected chi connectivity index (χ4v) is 0.783. The molecule has 0 heterocycles. The van der Waals surface area contributed by atoms with E-state index in [2.05, 4.69) is 32.7 Å². The van der Waals surface area contributed by atoms with Crippen molar-refractivity contribution in [1.82, 2.24) is 0 Å². The molecule has 0 spiro atoms. The average molecular weight is 226 g/mol. The van der Waals surface area contributed by atoms with Gasteiger partial charge in [-0.05, 0) is 0 Å². The third-order valence-corrected chi connectivity index (χ3v) is 1.48. The van der Waals surface area contributed by atoms with Crippen LogP contribution in [-0.4, -0.2) is 13.2 Å². The quantitative estimate of drug-likeness (QED) is 0.208. The second-order valence-corrected chi connectivity index (χ2v) is 2.63. The van der Waals surface area contributed by atoms with Crippen molar-refractivity contribution in [3.63, 3.8) is 0 Å². The summed E-state index contributed by atoms with van der Waals surface area (Å²) in [4.78, 5) is 40.2. The molecule has 0 bridgehead atoms. The molecule has 0 amide bonds. The summed E-state index contributed by atoms with van der Waals surface area (Å²) in [7, 11) is 0. The van der Waals surface area contributed by atoms with Gasteiger partial charge in [-0.2, -0.15) is 9.78 Å². The Morgan fingerprint density at radius 3 is 1.56 bits per heavy atom. The Hall–Kier alpha value is -1.92. The van der Waals surface area contributed by atoms with Gasteiger partial charge in [-0.1, -0.05) is 12.2 Å². The van der Waals surface area contributed by atoms with E-state index in [0.29, 0.717) is 0 Å². The van der Waals surface area contributed by atoms with Crippen molar-refractivity contribution in [3.05, 3.63) is 45.8 Å². The van der Waals surface area contributed by atoms with Gasteiger partial charge >= 0.3 is 0 Å². The number of hydrogen-bond acceptors (Lipinski definition) is 6. The van der Waals surface area contributed by atoms with Gasteiger partial charge in [-0.15, -0.1) is 13.2 Å². The van der Waals surface area contributed by atoms with Gasteiger partial charge in [-0.3, -0.25) is 9.59 Å². The minimum atomic E-state index is -0.818. The van der Waals surface area contributed by atoms with Crippen LogP contribution in [0, 0.1) is 0 Å². The molecule has 0 aliphatic carbocycles. The summed E-state index contributed by atoms with van der Waals surface area (Å²) in [6.45, 7) is 6.90. The molecular weight excluding hydrogens is 216 g/mol. The summed E-state index contributed by atoms with van der Waals surface area (Å²) in [5, 5.41) is 0. The Balaban J connectivity index is 2.58. The van der Waals surface area contributed by atoms with Crippen LogP contribution in [0.1, 0.15) is 0 Å². The van der Waals surface area contributed by atoms with Crippen LogP contribution in [0.5, 0.6) is 11.5 Å². The zero-order valence-corrected chi connectivity index (χ0v) is 8.43. The fraction of sp³-hybridized carbons (Fsp3) is 0.200. The average Bonchev–Trinajstić information content (AvgIpc) is 2.31. The Bertz CT molecular complexity index is 398. The van der Waals surface area contributed by atoms with E-state index in [0.717, 1.165) is 0 Å². The monoisotopic (exact) mass is 226 g/mol. The van der Waals surface area contributed by atoms with Crippen molar-refractivity contribution >= 4 is 0 Å². The summed E-state index contributed by atoms with van der Waals surface area (Å²) >= 11 is 0. The molecule has 0 aromatic heterocycles. The largest absolute Gasteiger partial charge is 0.328 e. The highest BCUT2D eigenvalue weighted by Gasteiger charge is 2.27. The summed E-state index contributed by atoms with van der Waals surface area (Å²) < 4.78 is 0. The van der Waals surface area contributed by atoms with Crippen molar-refractivity contribution < 1.29 is 19.6 Å². The maximum Gasteiger partial charge on any atom is 0.280 e. The molecule has 0 saturated heterocycles. The molecule has 0 aliphatic heterocycles. The van der Waals surface area contributed by atoms with E-state index in [9.17, 15) is 9.59 Å². The first-order valence-electron chi connectivity index (χ1n) is 4.36. The lowest BCUT2D eigenvalue weighted by Gasteiger charge is -2.09. The minimum Gasteiger partial charge on any atom is -0.328 e. The highest BCUT2D eigenvalue weighted by atomic mass is 17.2. The van der Waals surface area contributed by atoms with E-state index in [1.54, 1.807) is 0 Å². The predicted molar refractivity (Wildman–Crippen MR) is 54.9 cm³/mol. The van der Waals surface area contributed by atoms with Crippen LogP contribution < -0.4 is 20.6 Å². The SMILES string of the molecule is C=CCOOc1c(OOCC=C)c(=O)c1=O. The second kappa shape index (κ2) is 5.84. The Morgan fingerprint density at radius 2 is 1.25 bits per heavy atom. The molecule has 0 N–H and O–H groups in total. The smallest absolute Gasteiger partial charge is 0.280 e. The van der Waals surface area contributed by atoms with Gasteiger partial charge in [0, 0.05) is 0 Å². The van der Waals surface area contributed by atoms with E-state index < -0.39 is 10.9 Å². The van der Waals surface area contributed by atoms with Gasteiger partial charge in [0.15, 0.2) is 0 Å². The van der Waals surface area contributed by atoms with E-state index in [1.165, 1.54) is 12.2 Å². The molecule has 6 heteroatoms. The van der Waals surface area contributed by atoms with Crippen LogP contribution >= 0.6 is 0 Å². The summed E-state index contributed by atoms with van der Waals surface area (Å²) in [6, 6.07) is 0. The molecular formula is C10H10O6. The molecule has 0 unspecified atom stereocenters. The second-order valence-electron chi connectivity index (χ2n) is 2.63. The molecule has 1 rings (SSSR count). The lowest BCUT2D eigenvalue weighted by atomic mass is 10.2. The third-order valence-electron chi connectivity index (χ3n) is 1.48. The maximum absolute atomic E-state index is 11.0. The lowest BCUT2D eigenvalue weighted by Crippen LogP contribution is -2.34. The summed E-state index contributed by atoms with van der Waals surface area (Å²) in [6.07, 6.45) is 2.83. The van der Waals surface area contributed by atoms with E-state index in [1.807, 2.05) is 0 Å². The normalized spacial score (nSPS) is 10.0. The fourth-order valence-electron chi connectivity index (χ4n) is 0.783. The van der Waals surface area contributed by atoms with Crippen molar-refractivity contribution in [2.75, 3.05) is 13.2 Å². The van der Waals surface area contributed by atoms with Crippen LogP contribution in [0.4, 0.5) is 0 Å². The Morgan fingerprint density at radius 1 is 0.875 bits per heavy atom. The number of rotatable bonds is 8. The topological polar surface area (TPSA) is 71.1 Å². The van der Waals surface area contributed by atoms with Gasteiger partial charge in [-0.25, -0.2) is 0 Å². The van der Waals surface area contributed by atoms with Gasteiger partial charge in [0.1, 0.15) is 13.2 Å². The maximum atomic E-state index is 11.0. The Kier molecular flexibility index (Phi) is 4.43. The van der Waals surface area contributed by atoms with Crippen LogP contribution in [0.25, 0.3) is 0 Å². The van der Waals surface area contributed by atoms with Crippen molar-refractivity contribution in [2.45, 2.75) is 0 Å². The third kappa shape index (κ3) is 2.56. The van der Waals surface area contributed by atoms with Gasteiger partial charge in [0.2, 0.25) is 0 Å². The molecule has 0 atom stereocenters. The molecule has 0 fully saturated rings. The molecule has 16 heavy (non-hydrogen) atoms. The van der Waals surface area contributed by atoms with E-state index >= 15 is 0 Å². The van der Waals surface area contributed by atoms with Crippen molar-refractivity contribution in [3.8, 4) is 11.5 Å². The highest BCUT2D eigenvalue weighted by molar-refractivity contribution is 5.45. The van der Waals surface area contributed by atoms with Crippen molar-refractivity contribution in [1.29, 1.82) is 0 Å². The zero-order valence-electron chi connectivity index (χ0n) is 8.43. The van der Waals surface area contributed by atoms with Crippen LogP contribution in [0.15, 0.2) is 34.9 Å². The number of hydrogen-bond donors (Lipinski definition) is 0. The molecule has 86 valence electrons. The van der Waals surface area contributed by atoms with Crippen LogP contribution in [-0.2, 0) is 9.78 Å². The highest BCUT2D eigenvalue weighted by Crippen LogP contribution is 2.20. The van der Waals surface area contributed by atoms with Gasteiger partial charge in [0.25, 0.3) is 22.4 Å². The van der Waals surface area contributed by atoms with Gasteiger partial charge < -0.3 is 9.78 Å². The van der Waals surface area contributed by atoms with E-state index in [-0.39, 0.29) is 24.7 Å². The molecule has 0 radical (unpaired) electrons. The first-order valence-corrected chi connectivity index (χ1v) is 4.36. The van der Waals surface area contributed by atoms with Crippen LogP contribution in [0.2, 0.25) is 0 Å². The van der Waals surface area contributed by atoms with Gasteiger partial charge in [0.05, 0.1) is 0 Å². The van der Waals surface area contributed by atoms with Crippen molar-refractivity contribution in [2.24, 2.45) is 0 Å².